The summed E-state index contributed by atoms with van der Waals surface area (Å²) >= 11 is 0. The molecule has 0 spiro atoms. The Hall–Kier alpha value is -2.43. The Balaban J connectivity index is 1.58. The Bertz CT molecular complexity index is 885. The number of hydrogen-bond acceptors (Lipinski definition) is 4. The van der Waals surface area contributed by atoms with Gasteiger partial charge in [-0.25, -0.2) is 4.79 Å². The van der Waals surface area contributed by atoms with E-state index in [2.05, 4.69) is 6.92 Å². The second-order valence-corrected chi connectivity index (χ2v) is 8.15. The molecule has 0 radical (unpaired) electrons. The van der Waals surface area contributed by atoms with Crippen molar-refractivity contribution in [2.75, 3.05) is 19.7 Å². The van der Waals surface area contributed by atoms with Crippen LogP contribution in [0.2, 0.25) is 0 Å². The zero-order valence-electron chi connectivity index (χ0n) is 16.6. The number of carbonyl (C=O) groups excluding carboxylic acids is 2. The first-order chi connectivity index (χ1) is 13.6. The normalized spacial score (nSPS) is 19.8. The summed E-state index contributed by atoms with van der Waals surface area (Å²) in [5, 5.41) is 0.822. The summed E-state index contributed by atoms with van der Waals surface area (Å²) in [5.74, 6) is 0.0312. The molecule has 1 aromatic heterocycles. The lowest BCUT2D eigenvalue weighted by Gasteiger charge is -2.24. The fourth-order valence-corrected chi connectivity index (χ4v) is 4.41. The third kappa shape index (κ3) is 3.89. The highest BCUT2D eigenvalue weighted by Gasteiger charge is 2.27. The number of fused-ring (bicyclic) bond motifs is 2. The molecule has 1 saturated heterocycles. The minimum absolute atomic E-state index is 0.0872. The monoisotopic (exact) mass is 380 g/mol. The van der Waals surface area contributed by atoms with Crippen molar-refractivity contribution in [3.63, 3.8) is 0 Å². The Morgan fingerprint density at radius 3 is 2.68 bits per heavy atom. The number of carbonyl (C=O) groups is 2. The molecule has 0 bridgehead atoms. The van der Waals surface area contributed by atoms with Gasteiger partial charge in [-0.3, -0.25) is 9.78 Å². The van der Waals surface area contributed by atoms with Crippen molar-refractivity contribution in [3.8, 4) is 0 Å². The van der Waals surface area contributed by atoms with Crippen molar-refractivity contribution in [3.05, 3.63) is 41.1 Å². The summed E-state index contributed by atoms with van der Waals surface area (Å²) in [6, 6.07) is 7.72. The zero-order chi connectivity index (χ0) is 19.5. The lowest BCUT2D eigenvalue weighted by molar-refractivity contribution is -0.134. The van der Waals surface area contributed by atoms with Crippen molar-refractivity contribution < 1.29 is 14.3 Å². The van der Waals surface area contributed by atoms with Crippen LogP contribution in [0.3, 0.4) is 0 Å². The average Bonchev–Trinajstić information content (AvgIpc) is 2.99. The molecule has 4 rings (SSSR count). The fourth-order valence-electron chi connectivity index (χ4n) is 4.41. The summed E-state index contributed by atoms with van der Waals surface area (Å²) in [4.78, 5) is 32.2. The molecule has 28 heavy (non-hydrogen) atoms. The molecule has 1 fully saturated rings. The van der Waals surface area contributed by atoms with Gasteiger partial charge >= 0.3 is 5.97 Å². The van der Waals surface area contributed by atoms with Crippen LogP contribution in [0.5, 0.6) is 0 Å². The Morgan fingerprint density at radius 2 is 1.89 bits per heavy atom. The van der Waals surface area contributed by atoms with Gasteiger partial charge < -0.3 is 9.64 Å². The third-order valence-corrected chi connectivity index (χ3v) is 6.00. The molecule has 1 aliphatic heterocycles. The Morgan fingerprint density at radius 1 is 1.14 bits per heavy atom. The van der Waals surface area contributed by atoms with Gasteiger partial charge in [0, 0.05) is 24.2 Å². The van der Waals surface area contributed by atoms with E-state index in [9.17, 15) is 9.59 Å². The molecular weight excluding hydrogens is 352 g/mol. The van der Waals surface area contributed by atoms with Crippen LogP contribution in [0.15, 0.2) is 24.3 Å². The molecular formula is C23H28N2O3. The molecule has 2 aliphatic rings. The highest BCUT2D eigenvalue weighted by Crippen LogP contribution is 2.32. The molecule has 148 valence electrons. The number of likely N-dealkylation sites (tertiary alicyclic amines) is 1. The smallest absolute Gasteiger partial charge is 0.339 e. The lowest BCUT2D eigenvalue weighted by Crippen LogP contribution is -2.35. The van der Waals surface area contributed by atoms with Gasteiger partial charge in [0.2, 0.25) is 0 Å². The number of amides is 1. The summed E-state index contributed by atoms with van der Waals surface area (Å²) in [7, 11) is 0. The molecule has 1 aromatic carbocycles. The molecule has 2 aromatic rings. The Labute approximate surface area is 166 Å². The highest BCUT2D eigenvalue weighted by atomic mass is 16.5. The van der Waals surface area contributed by atoms with Crippen LogP contribution in [-0.2, 0) is 22.4 Å². The molecule has 0 unspecified atom stereocenters. The van der Waals surface area contributed by atoms with Gasteiger partial charge in [0.05, 0.1) is 11.1 Å². The van der Waals surface area contributed by atoms with E-state index in [0.29, 0.717) is 11.5 Å². The van der Waals surface area contributed by atoms with E-state index in [1.54, 1.807) is 0 Å². The first-order valence-electron chi connectivity index (χ1n) is 10.5. The summed E-state index contributed by atoms with van der Waals surface area (Å²) in [6.45, 7) is 3.55. The van der Waals surface area contributed by atoms with Crippen LogP contribution < -0.4 is 0 Å². The number of nitrogens with zero attached hydrogens (tertiary/aromatic N) is 2. The van der Waals surface area contributed by atoms with Gasteiger partial charge in [0.25, 0.3) is 5.91 Å². The molecule has 1 amide bonds. The van der Waals surface area contributed by atoms with E-state index in [1.807, 2.05) is 29.2 Å². The maximum atomic E-state index is 13.1. The highest BCUT2D eigenvalue weighted by molar-refractivity contribution is 6.05. The van der Waals surface area contributed by atoms with Crippen LogP contribution in [0.1, 0.15) is 60.6 Å². The SMILES string of the molecule is C[C@H]1CCc2nc3ccccc3c(C(=O)OCC(=O)N3CCCCCC3)c2C1. The van der Waals surface area contributed by atoms with E-state index in [-0.39, 0.29) is 12.5 Å². The van der Waals surface area contributed by atoms with Crippen LogP contribution >= 0.6 is 0 Å². The van der Waals surface area contributed by atoms with E-state index in [4.69, 9.17) is 9.72 Å². The third-order valence-electron chi connectivity index (χ3n) is 6.00. The van der Waals surface area contributed by atoms with Crippen molar-refractivity contribution in [2.24, 2.45) is 5.92 Å². The number of rotatable bonds is 3. The minimum Gasteiger partial charge on any atom is -0.452 e. The average molecular weight is 380 g/mol. The molecule has 0 N–H and O–H groups in total. The number of aromatic nitrogens is 1. The van der Waals surface area contributed by atoms with E-state index >= 15 is 0 Å². The first-order valence-corrected chi connectivity index (χ1v) is 10.5. The number of aryl methyl sites for hydroxylation is 1. The molecule has 2 heterocycles. The minimum atomic E-state index is -0.396. The zero-order valence-corrected chi connectivity index (χ0v) is 16.6. The second-order valence-electron chi connectivity index (χ2n) is 8.15. The second kappa shape index (κ2) is 8.29. The standard InChI is InChI=1S/C23H28N2O3/c1-16-10-11-20-18(14-16)22(17-8-4-5-9-19(17)24-20)23(27)28-15-21(26)25-12-6-2-3-7-13-25/h4-5,8-9,16H,2-3,6-7,10-15H2,1H3/t16-/m0/s1. The topological polar surface area (TPSA) is 59.5 Å². The molecule has 1 aliphatic carbocycles. The van der Waals surface area contributed by atoms with E-state index < -0.39 is 5.97 Å². The van der Waals surface area contributed by atoms with Gasteiger partial charge in [0.1, 0.15) is 0 Å². The predicted octanol–water partition coefficient (Wildman–Crippen LogP) is 3.92. The number of ether oxygens (including phenoxy) is 1. The van der Waals surface area contributed by atoms with E-state index in [0.717, 1.165) is 80.2 Å². The van der Waals surface area contributed by atoms with Crippen molar-refractivity contribution in [2.45, 2.75) is 51.9 Å². The number of para-hydroxylation sites is 1. The van der Waals surface area contributed by atoms with Crippen LogP contribution in [0.25, 0.3) is 10.9 Å². The Kier molecular flexibility index (Phi) is 5.60. The molecule has 5 heteroatoms. The van der Waals surface area contributed by atoms with Gasteiger partial charge in [-0.1, -0.05) is 38.0 Å². The van der Waals surface area contributed by atoms with Crippen molar-refractivity contribution in [1.29, 1.82) is 0 Å². The number of esters is 1. The van der Waals surface area contributed by atoms with Crippen molar-refractivity contribution >= 4 is 22.8 Å². The predicted molar refractivity (Wildman–Crippen MR) is 108 cm³/mol. The molecule has 0 saturated carbocycles. The van der Waals surface area contributed by atoms with Crippen LogP contribution in [-0.4, -0.2) is 41.5 Å². The van der Waals surface area contributed by atoms with Crippen LogP contribution in [0, 0.1) is 5.92 Å². The quantitative estimate of drug-likeness (QED) is 0.758. The van der Waals surface area contributed by atoms with Gasteiger partial charge in [-0.05, 0) is 49.7 Å². The summed E-state index contributed by atoms with van der Waals surface area (Å²) < 4.78 is 5.54. The largest absolute Gasteiger partial charge is 0.452 e. The van der Waals surface area contributed by atoms with Crippen LogP contribution in [0.4, 0.5) is 0 Å². The maximum absolute atomic E-state index is 13.1. The summed E-state index contributed by atoms with van der Waals surface area (Å²) in [6.07, 6.45) is 7.18. The molecule has 1 atom stereocenters. The first kappa shape index (κ1) is 18.9. The number of benzene rings is 1. The van der Waals surface area contributed by atoms with Gasteiger partial charge in [-0.15, -0.1) is 0 Å². The number of pyridine rings is 1. The molecule has 5 nitrogen and oxygen atoms in total. The summed E-state index contributed by atoms with van der Waals surface area (Å²) in [5.41, 5.74) is 3.43. The van der Waals surface area contributed by atoms with Crippen molar-refractivity contribution in [1.82, 2.24) is 9.88 Å². The fraction of sp³-hybridized carbons (Fsp3) is 0.522. The van der Waals surface area contributed by atoms with E-state index in [1.165, 1.54) is 0 Å². The number of hydrogen-bond donors (Lipinski definition) is 0. The maximum Gasteiger partial charge on any atom is 0.339 e. The van der Waals surface area contributed by atoms with Gasteiger partial charge in [0.15, 0.2) is 6.61 Å². The lowest BCUT2D eigenvalue weighted by atomic mass is 9.84. The van der Waals surface area contributed by atoms with Gasteiger partial charge in [-0.2, -0.15) is 0 Å².